The predicted molar refractivity (Wildman–Crippen MR) is 88.8 cm³/mol. The Morgan fingerprint density at radius 2 is 1.96 bits per heavy atom. The maximum atomic E-state index is 13.0. The summed E-state index contributed by atoms with van der Waals surface area (Å²) >= 11 is 0. The lowest BCUT2D eigenvalue weighted by Crippen LogP contribution is -2.56. The van der Waals surface area contributed by atoms with E-state index in [0.717, 1.165) is 11.3 Å². The topological polar surface area (TPSA) is 76.1 Å². The Morgan fingerprint density at radius 1 is 1.29 bits per heavy atom. The summed E-state index contributed by atoms with van der Waals surface area (Å²) in [5.74, 6) is -0.368. The highest BCUT2D eigenvalue weighted by molar-refractivity contribution is 5.89. The molecule has 132 valence electrons. The molecular formula is C18H25NO5. The van der Waals surface area contributed by atoms with Crippen LogP contribution >= 0.6 is 0 Å². The number of piperidine rings is 1. The summed E-state index contributed by atoms with van der Waals surface area (Å²) in [7, 11) is 2.86. The highest BCUT2D eigenvalue weighted by Gasteiger charge is 2.41. The van der Waals surface area contributed by atoms with Crippen LogP contribution in [0.25, 0.3) is 0 Å². The molecule has 0 bridgehead atoms. The number of esters is 1. The normalized spacial score (nSPS) is 21.9. The number of nitrogens with zero attached hydrogens (tertiary/aromatic N) is 1. The SMILES string of the molecule is CC[C@H](C(=O)N1CCC[C@H](O)[C@H]1C(=O)OC)c1ccc(OC)cc1. The van der Waals surface area contributed by atoms with E-state index in [4.69, 9.17) is 9.47 Å². The van der Waals surface area contributed by atoms with Gasteiger partial charge in [0.1, 0.15) is 5.75 Å². The van der Waals surface area contributed by atoms with Crippen LogP contribution < -0.4 is 4.74 Å². The molecule has 0 radical (unpaired) electrons. The molecule has 1 fully saturated rings. The minimum absolute atomic E-state index is 0.156. The molecule has 1 aromatic carbocycles. The van der Waals surface area contributed by atoms with Crippen LogP contribution in [0, 0.1) is 0 Å². The molecule has 2 rings (SSSR count). The fraction of sp³-hybridized carbons (Fsp3) is 0.556. The summed E-state index contributed by atoms with van der Waals surface area (Å²) in [6.07, 6.45) is 0.872. The van der Waals surface area contributed by atoms with Gasteiger partial charge in [0.25, 0.3) is 0 Å². The fourth-order valence-corrected chi connectivity index (χ4v) is 3.22. The molecule has 0 spiro atoms. The highest BCUT2D eigenvalue weighted by atomic mass is 16.5. The van der Waals surface area contributed by atoms with E-state index >= 15 is 0 Å². The van der Waals surface area contributed by atoms with Gasteiger partial charge >= 0.3 is 5.97 Å². The Morgan fingerprint density at radius 3 is 2.50 bits per heavy atom. The lowest BCUT2D eigenvalue weighted by atomic mass is 9.91. The van der Waals surface area contributed by atoms with Gasteiger partial charge in [-0.3, -0.25) is 4.79 Å². The zero-order valence-corrected chi connectivity index (χ0v) is 14.4. The van der Waals surface area contributed by atoms with Gasteiger partial charge in [-0.1, -0.05) is 19.1 Å². The van der Waals surface area contributed by atoms with Gasteiger partial charge in [0.2, 0.25) is 5.91 Å². The van der Waals surface area contributed by atoms with Crippen molar-refractivity contribution in [3.05, 3.63) is 29.8 Å². The van der Waals surface area contributed by atoms with Crippen LogP contribution in [0.3, 0.4) is 0 Å². The van der Waals surface area contributed by atoms with Gasteiger partial charge in [0.15, 0.2) is 6.04 Å². The summed E-state index contributed by atoms with van der Waals surface area (Å²) < 4.78 is 9.93. The van der Waals surface area contributed by atoms with Crippen molar-refractivity contribution >= 4 is 11.9 Å². The second-order valence-corrected chi connectivity index (χ2v) is 5.94. The average Bonchev–Trinajstić information content (AvgIpc) is 2.62. The van der Waals surface area contributed by atoms with E-state index in [0.29, 0.717) is 25.8 Å². The molecule has 6 nitrogen and oxygen atoms in total. The van der Waals surface area contributed by atoms with Crippen LogP contribution in [0.15, 0.2) is 24.3 Å². The van der Waals surface area contributed by atoms with E-state index < -0.39 is 18.1 Å². The average molecular weight is 335 g/mol. The summed E-state index contributed by atoms with van der Waals surface area (Å²) in [6, 6.07) is 6.42. The van der Waals surface area contributed by atoms with Gasteiger partial charge in [0.05, 0.1) is 26.2 Å². The van der Waals surface area contributed by atoms with Crippen LogP contribution in [-0.2, 0) is 14.3 Å². The number of carbonyl (C=O) groups excluding carboxylic acids is 2. The van der Waals surface area contributed by atoms with E-state index in [1.54, 1.807) is 7.11 Å². The monoisotopic (exact) mass is 335 g/mol. The van der Waals surface area contributed by atoms with Crippen molar-refractivity contribution in [3.63, 3.8) is 0 Å². The van der Waals surface area contributed by atoms with Crippen molar-refractivity contribution in [2.75, 3.05) is 20.8 Å². The Kier molecular flexibility index (Phi) is 6.20. The third-order valence-electron chi connectivity index (χ3n) is 4.55. The maximum Gasteiger partial charge on any atom is 0.331 e. The van der Waals surface area contributed by atoms with E-state index in [-0.39, 0.29) is 11.8 Å². The first-order valence-corrected chi connectivity index (χ1v) is 8.23. The molecule has 1 aliphatic rings. The lowest BCUT2D eigenvalue weighted by molar-refractivity contribution is -0.161. The number of hydrogen-bond acceptors (Lipinski definition) is 5. The molecule has 1 saturated heterocycles. The summed E-state index contributed by atoms with van der Waals surface area (Å²) in [5.41, 5.74) is 0.868. The molecule has 1 aliphatic heterocycles. The Labute approximate surface area is 142 Å². The highest BCUT2D eigenvalue weighted by Crippen LogP contribution is 2.28. The molecule has 1 heterocycles. The minimum Gasteiger partial charge on any atom is -0.497 e. The number of hydrogen-bond donors (Lipinski definition) is 1. The first-order valence-electron chi connectivity index (χ1n) is 8.23. The van der Waals surface area contributed by atoms with Crippen LogP contribution in [0.1, 0.15) is 37.7 Å². The molecular weight excluding hydrogens is 310 g/mol. The number of benzene rings is 1. The van der Waals surface area contributed by atoms with E-state index in [1.807, 2.05) is 31.2 Å². The molecule has 24 heavy (non-hydrogen) atoms. The standard InChI is InChI=1S/C18H25NO5/c1-4-14(12-7-9-13(23-2)10-8-12)17(21)19-11-5-6-15(20)16(19)18(22)24-3/h7-10,14-16,20H,4-6,11H2,1-3H3/t14-,15-,16-/m0/s1. The molecule has 1 aromatic rings. The second-order valence-electron chi connectivity index (χ2n) is 5.94. The second kappa shape index (κ2) is 8.15. The van der Waals surface area contributed by atoms with Crippen LogP contribution in [0.5, 0.6) is 5.75 Å². The summed E-state index contributed by atoms with van der Waals surface area (Å²) in [5, 5.41) is 10.2. The number of methoxy groups -OCH3 is 2. The van der Waals surface area contributed by atoms with E-state index in [9.17, 15) is 14.7 Å². The number of rotatable bonds is 5. The first-order chi connectivity index (χ1) is 11.5. The zero-order chi connectivity index (χ0) is 17.7. The van der Waals surface area contributed by atoms with Gasteiger partial charge in [-0.15, -0.1) is 0 Å². The van der Waals surface area contributed by atoms with Gasteiger partial charge in [0, 0.05) is 6.54 Å². The van der Waals surface area contributed by atoms with Crippen molar-refractivity contribution in [1.82, 2.24) is 4.90 Å². The summed E-state index contributed by atoms with van der Waals surface area (Å²) in [6.45, 7) is 2.38. The van der Waals surface area contributed by atoms with Crippen molar-refractivity contribution < 1.29 is 24.2 Å². The molecule has 0 unspecified atom stereocenters. The number of carbonyl (C=O) groups is 2. The quantitative estimate of drug-likeness (QED) is 0.829. The number of aliphatic hydroxyl groups excluding tert-OH is 1. The van der Waals surface area contributed by atoms with Gasteiger partial charge in [-0.25, -0.2) is 4.79 Å². The number of ether oxygens (including phenoxy) is 2. The Balaban J connectivity index is 2.26. The number of amides is 1. The van der Waals surface area contributed by atoms with Crippen molar-refractivity contribution in [3.8, 4) is 5.75 Å². The molecule has 0 aliphatic carbocycles. The largest absolute Gasteiger partial charge is 0.497 e. The first kappa shape index (κ1) is 18.3. The Hall–Kier alpha value is -2.08. The van der Waals surface area contributed by atoms with E-state index in [1.165, 1.54) is 12.0 Å². The van der Waals surface area contributed by atoms with Crippen molar-refractivity contribution in [2.45, 2.75) is 44.2 Å². The van der Waals surface area contributed by atoms with Gasteiger partial charge in [-0.2, -0.15) is 0 Å². The van der Waals surface area contributed by atoms with Gasteiger partial charge < -0.3 is 19.5 Å². The fourth-order valence-electron chi connectivity index (χ4n) is 3.22. The molecule has 0 saturated carbocycles. The maximum absolute atomic E-state index is 13.0. The van der Waals surface area contributed by atoms with E-state index in [2.05, 4.69) is 0 Å². The van der Waals surface area contributed by atoms with Crippen LogP contribution in [-0.4, -0.2) is 54.8 Å². The van der Waals surface area contributed by atoms with Crippen LogP contribution in [0.2, 0.25) is 0 Å². The lowest BCUT2D eigenvalue weighted by Gasteiger charge is -2.38. The molecule has 3 atom stereocenters. The van der Waals surface area contributed by atoms with Crippen LogP contribution in [0.4, 0.5) is 0 Å². The predicted octanol–water partition coefficient (Wildman–Crippen LogP) is 1.71. The third-order valence-corrected chi connectivity index (χ3v) is 4.55. The van der Waals surface area contributed by atoms with Crippen molar-refractivity contribution in [1.29, 1.82) is 0 Å². The molecule has 1 amide bonds. The number of likely N-dealkylation sites (tertiary alicyclic amines) is 1. The van der Waals surface area contributed by atoms with Crippen molar-refractivity contribution in [2.24, 2.45) is 0 Å². The summed E-state index contributed by atoms with van der Waals surface area (Å²) in [4.78, 5) is 26.5. The molecule has 0 aromatic heterocycles. The molecule has 6 heteroatoms. The smallest absolute Gasteiger partial charge is 0.331 e. The molecule has 1 N–H and O–H groups in total. The zero-order valence-electron chi connectivity index (χ0n) is 14.4. The Bertz CT molecular complexity index is 571. The van der Waals surface area contributed by atoms with Gasteiger partial charge in [-0.05, 0) is 37.0 Å². The number of aliphatic hydroxyl groups is 1. The third kappa shape index (κ3) is 3.70. The minimum atomic E-state index is -0.927.